The van der Waals surface area contributed by atoms with Gasteiger partial charge in [-0.15, -0.1) is 0 Å². The minimum atomic E-state index is -0.932. The fourth-order valence-electron chi connectivity index (χ4n) is 2.87. The van der Waals surface area contributed by atoms with Gasteiger partial charge in [0.1, 0.15) is 0 Å². The van der Waals surface area contributed by atoms with Crippen LogP contribution in [0.3, 0.4) is 0 Å². The maximum Gasteiger partial charge on any atom is 0.309 e. The summed E-state index contributed by atoms with van der Waals surface area (Å²) >= 11 is 9.47. The number of carbonyl (C=O) groups excluding carboxylic acids is 1. The molecule has 0 bridgehead atoms. The average molecular weight is 359 g/mol. The van der Waals surface area contributed by atoms with Crippen LogP contribution < -0.4 is 0 Å². The molecule has 1 aromatic carbocycles. The van der Waals surface area contributed by atoms with Crippen LogP contribution in [-0.2, 0) is 9.59 Å². The van der Waals surface area contributed by atoms with Gasteiger partial charge in [0.25, 0.3) is 0 Å². The molecule has 2 fully saturated rings. The molecule has 1 aliphatic heterocycles. The maximum absolute atomic E-state index is 12.2. The van der Waals surface area contributed by atoms with E-state index in [0.29, 0.717) is 5.02 Å². The van der Waals surface area contributed by atoms with Crippen LogP contribution in [-0.4, -0.2) is 27.9 Å². The van der Waals surface area contributed by atoms with Crippen molar-refractivity contribution < 1.29 is 14.7 Å². The highest BCUT2D eigenvalue weighted by atomic mass is 79.9. The Hall–Kier alpha value is -1.07. The Bertz CT molecular complexity index is 588. The zero-order valence-corrected chi connectivity index (χ0v) is 12.9. The predicted octanol–water partition coefficient (Wildman–Crippen LogP) is 3.24. The first kappa shape index (κ1) is 13.9. The molecule has 20 heavy (non-hydrogen) atoms. The number of hydrogen-bond acceptors (Lipinski definition) is 2. The van der Waals surface area contributed by atoms with Crippen LogP contribution in [0.1, 0.15) is 30.9 Å². The van der Waals surface area contributed by atoms with Gasteiger partial charge in [-0.25, -0.2) is 0 Å². The van der Waals surface area contributed by atoms with Gasteiger partial charge in [0.2, 0.25) is 5.91 Å². The molecule has 0 aromatic heterocycles. The van der Waals surface area contributed by atoms with E-state index in [1.807, 2.05) is 0 Å². The first-order valence-corrected chi connectivity index (χ1v) is 7.65. The molecule has 1 saturated heterocycles. The predicted molar refractivity (Wildman–Crippen MR) is 77.5 cm³/mol. The van der Waals surface area contributed by atoms with Gasteiger partial charge >= 0.3 is 5.97 Å². The third-order valence-corrected chi connectivity index (χ3v) is 4.85. The smallest absolute Gasteiger partial charge is 0.309 e. The number of likely N-dealkylation sites (tertiary alicyclic amines) is 1. The summed E-state index contributed by atoms with van der Waals surface area (Å²) in [5.74, 6) is -1.71. The zero-order valence-electron chi connectivity index (χ0n) is 10.6. The Morgan fingerprint density at radius 2 is 2.10 bits per heavy atom. The number of carboxylic acids is 1. The van der Waals surface area contributed by atoms with Crippen molar-refractivity contribution in [2.45, 2.75) is 31.3 Å². The quantitative estimate of drug-likeness (QED) is 0.902. The fourth-order valence-corrected chi connectivity index (χ4v) is 3.53. The van der Waals surface area contributed by atoms with E-state index in [9.17, 15) is 14.7 Å². The molecule has 0 spiro atoms. The number of halogens is 2. The molecule has 106 valence electrons. The van der Waals surface area contributed by atoms with E-state index >= 15 is 0 Å². The van der Waals surface area contributed by atoms with Crippen LogP contribution in [0.5, 0.6) is 0 Å². The van der Waals surface area contributed by atoms with E-state index in [-0.39, 0.29) is 18.4 Å². The highest BCUT2D eigenvalue weighted by molar-refractivity contribution is 9.10. The minimum Gasteiger partial charge on any atom is -0.481 e. The number of amides is 1. The van der Waals surface area contributed by atoms with Gasteiger partial charge in [-0.05, 0) is 36.6 Å². The molecular weight excluding hydrogens is 346 g/mol. The third-order valence-electron chi connectivity index (χ3n) is 3.90. The first-order chi connectivity index (χ1) is 9.49. The lowest BCUT2D eigenvalue weighted by Gasteiger charge is -2.28. The van der Waals surface area contributed by atoms with Gasteiger partial charge in [-0.2, -0.15) is 0 Å². The van der Waals surface area contributed by atoms with Crippen LogP contribution in [0.25, 0.3) is 0 Å². The summed E-state index contributed by atoms with van der Waals surface area (Å²) in [6.45, 7) is 0. The van der Waals surface area contributed by atoms with Crippen LogP contribution in [0.4, 0.5) is 0 Å². The van der Waals surface area contributed by atoms with Crippen molar-refractivity contribution in [3.8, 4) is 0 Å². The molecule has 4 nitrogen and oxygen atoms in total. The summed E-state index contributed by atoms with van der Waals surface area (Å²) in [6, 6.07) is 5.04. The van der Waals surface area contributed by atoms with E-state index in [1.165, 1.54) is 0 Å². The molecule has 0 radical (unpaired) electrons. The molecule has 1 aliphatic carbocycles. The highest BCUT2D eigenvalue weighted by Gasteiger charge is 2.50. The van der Waals surface area contributed by atoms with Crippen molar-refractivity contribution in [3.05, 3.63) is 33.3 Å². The van der Waals surface area contributed by atoms with E-state index in [0.717, 1.165) is 22.9 Å². The van der Waals surface area contributed by atoms with Gasteiger partial charge in [0.05, 0.1) is 12.0 Å². The molecule has 2 unspecified atom stereocenters. The molecule has 3 rings (SSSR count). The molecule has 1 N–H and O–H groups in total. The average Bonchev–Trinajstić information content (AvgIpc) is 3.15. The highest BCUT2D eigenvalue weighted by Crippen LogP contribution is 2.47. The summed E-state index contributed by atoms with van der Waals surface area (Å²) in [7, 11) is 0. The topological polar surface area (TPSA) is 57.6 Å². The number of aliphatic carboxylic acids is 1. The Morgan fingerprint density at radius 1 is 1.40 bits per heavy atom. The number of carbonyl (C=O) groups is 2. The van der Waals surface area contributed by atoms with Crippen LogP contribution in [0.15, 0.2) is 22.7 Å². The number of nitrogens with zero attached hydrogens (tertiary/aromatic N) is 1. The van der Waals surface area contributed by atoms with Crippen molar-refractivity contribution in [2.24, 2.45) is 5.92 Å². The van der Waals surface area contributed by atoms with Crippen molar-refractivity contribution in [1.82, 2.24) is 4.90 Å². The van der Waals surface area contributed by atoms with Crippen LogP contribution in [0, 0.1) is 5.92 Å². The Morgan fingerprint density at radius 3 is 2.70 bits per heavy atom. The largest absolute Gasteiger partial charge is 0.481 e. The van der Waals surface area contributed by atoms with Crippen molar-refractivity contribution in [2.75, 3.05) is 0 Å². The lowest BCUT2D eigenvalue weighted by atomic mass is 9.93. The van der Waals surface area contributed by atoms with Gasteiger partial charge in [-0.3, -0.25) is 9.59 Å². The summed E-state index contributed by atoms with van der Waals surface area (Å²) in [4.78, 5) is 25.4. The molecule has 1 heterocycles. The summed E-state index contributed by atoms with van der Waals surface area (Å²) in [5, 5.41) is 9.96. The monoisotopic (exact) mass is 357 g/mol. The molecule has 1 amide bonds. The van der Waals surface area contributed by atoms with Gasteiger partial charge in [0.15, 0.2) is 0 Å². The van der Waals surface area contributed by atoms with Gasteiger partial charge in [0, 0.05) is 22.0 Å². The lowest BCUT2D eigenvalue weighted by molar-refractivity contribution is -0.142. The number of hydrogen-bond donors (Lipinski definition) is 1. The second-order valence-corrected chi connectivity index (χ2v) is 6.58. The SMILES string of the molecule is O=C(O)C1CC(=O)N(C2CC2)C1c1cc(Cl)ccc1Br. The van der Waals surface area contributed by atoms with E-state index in [1.54, 1.807) is 23.1 Å². The van der Waals surface area contributed by atoms with Gasteiger partial charge in [-0.1, -0.05) is 27.5 Å². The third kappa shape index (κ3) is 2.33. The Labute approximate surface area is 129 Å². The van der Waals surface area contributed by atoms with E-state index in [4.69, 9.17) is 11.6 Å². The van der Waals surface area contributed by atoms with E-state index in [2.05, 4.69) is 15.9 Å². The molecule has 6 heteroatoms. The Kier molecular flexibility index (Phi) is 3.50. The summed E-state index contributed by atoms with van der Waals surface area (Å²) in [5.41, 5.74) is 0.780. The van der Waals surface area contributed by atoms with Crippen molar-refractivity contribution in [3.63, 3.8) is 0 Å². The molecule has 1 saturated carbocycles. The van der Waals surface area contributed by atoms with E-state index < -0.39 is 17.9 Å². The van der Waals surface area contributed by atoms with Crippen molar-refractivity contribution >= 4 is 39.4 Å². The first-order valence-electron chi connectivity index (χ1n) is 6.48. The number of rotatable bonds is 3. The minimum absolute atomic E-state index is 0.0649. The second-order valence-electron chi connectivity index (χ2n) is 5.29. The van der Waals surface area contributed by atoms with Crippen LogP contribution >= 0.6 is 27.5 Å². The molecule has 2 atom stereocenters. The maximum atomic E-state index is 12.2. The molecule has 2 aliphatic rings. The zero-order chi connectivity index (χ0) is 14.4. The fraction of sp³-hybridized carbons (Fsp3) is 0.429. The second kappa shape index (κ2) is 5.04. The number of benzene rings is 1. The summed E-state index contributed by atoms with van der Waals surface area (Å²) in [6.07, 6.45) is 1.97. The lowest BCUT2D eigenvalue weighted by Crippen LogP contribution is -2.32. The normalized spacial score (nSPS) is 26.1. The summed E-state index contributed by atoms with van der Waals surface area (Å²) < 4.78 is 0.790. The van der Waals surface area contributed by atoms with Crippen molar-refractivity contribution in [1.29, 1.82) is 0 Å². The van der Waals surface area contributed by atoms with Gasteiger partial charge < -0.3 is 10.0 Å². The number of carboxylic acid groups (broad SMARTS) is 1. The molecule has 1 aromatic rings. The molecular formula is C14H13BrClNO3. The Balaban J connectivity index is 2.07. The standard InChI is InChI=1S/C14H13BrClNO3/c15-11-4-1-7(16)5-9(11)13-10(14(19)20)6-12(18)17(13)8-2-3-8/h1,4-5,8,10,13H,2-3,6H2,(H,19,20). The van der Waals surface area contributed by atoms with Crippen LogP contribution in [0.2, 0.25) is 5.02 Å².